The van der Waals surface area contributed by atoms with E-state index in [1.54, 1.807) is 45.2 Å². The lowest BCUT2D eigenvalue weighted by Crippen LogP contribution is -2.11. The summed E-state index contributed by atoms with van der Waals surface area (Å²) in [6, 6.07) is 8.97. The van der Waals surface area contributed by atoms with Gasteiger partial charge in [-0.2, -0.15) is 10.4 Å². The van der Waals surface area contributed by atoms with Gasteiger partial charge in [-0.15, -0.1) is 0 Å². The quantitative estimate of drug-likeness (QED) is 0.811. The zero-order valence-electron chi connectivity index (χ0n) is 13.0. The van der Waals surface area contributed by atoms with Crippen LogP contribution in [0.1, 0.15) is 40.2 Å². The Morgan fingerprint density at radius 3 is 2.55 bits per heavy atom. The molecule has 6 nitrogen and oxygen atoms in total. The average Bonchev–Trinajstić information content (AvgIpc) is 2.80. The van der Waals surface area contributed by atoms with Crippen LogP contribution in [0, 0.1) is 18.3 Å². The van der Waals surface area contributed by atoms with E-state index in [0.29, 0.717) is 22.7 Å². The number of nitrogens with zero attached hydrogens (tertiary/aromatic N) is 3. The fourth-order valence-corrected chi connectivity index (χ4v) is 2.22. The molecule has 0 fully saturated rings. The molecule has 22 heavy (non-hydrogen) atoms. The van der Waals surface area contributed by atoms with Gasteiger partial charge in [0.1, 0.15) is 11.7 Å². The molecule has 1 unspecified atom stereocenters. The number of ether oxygens (including phenoxy) is 2. The van der Waals surface area contributed by atoms with Gasteiger partial charge in [0.2, 0.25) is 5.88 Å². The van der Waals surface area contributed by atoms with Crippen LogP contribution in [-0.2, 0) is 11.8 Å². The second kappa shape index (κ2) is 6.31. The molecule has 0 saturated carbocycles. The van der Waals surface area contributed by atoms with E-state index in [-0.39, 0.29) is 0 Å². The number of aryl methyl sites for hydroxylation is 2. The molecule has 0 spiro atoms. The summed E-state index contributed by atoms with van der Waals surface area (Å²) < 4.78 is 12.2. The van der Waals surface area contributed by atoms with Crippen molar-refractivity contribution in [3.05, 3.63) is 46.6 Å². The molecule has 0 saturated heterocycles. The highest BCUT2D eigenvalue weighted by molar-refractivity contribution is 5.93. The number of carbonyl (C=O) groups is 1. The predicted molar refractivity (Wildman–Crippen MR) is 79.5 cm³/mol. The summed E-state index contributed by atoms with van der Waals surface area (Å²) in [5.41, 5.74) is 2.25. The molecule has 0 aliphatic rings. The molecule has 0 aliphatic carbocycles. The lowest BCUT2D eigenvalue weighted by Gasteiger charge is -2.14. The average molecular weight is 299 g/mol. The number of benzene rings is 1. The Morgan fingerprint density at radius 2 is 2.00 bits per heavy atom. The van der Waals surface area contributed by atoms with Gasteiger partial charge in [0.25, 0.3) is 0 Å². The van der Waals surface area contributed by atoms with Crippen LogP contribution in [0.3, 0.4) is 0 Å². The van der Waals surface area contributed by atoms with Crippen LogP contribution >= 0.6 is 0 Å². The van der Waals surface area contributed by atoms with Gasteiger partial charge in [-0.05, 0) is 31.5 Å². The van der Waals surface area contributed by atoms with Crippen molar-refractivity contribution in [2.45, 2.75) is 20.0 Å². The summed E-state index contributed by atoms with van der Waals surface area (Å²) in [5.74, 6) is -0.117. The van der Waals surface area contributed by atoms with E-state index in [9.17, 15) is 4.79 Å². The highest BCUT2D eigenvalue weighted by Crippen LogP contribution is 2.25. The van der Waals surface area contributed by atoms with E-state index < -0.39 is 12.1 Å². The normalized spacial score (nSPS) is 11.6. The molecule has 0 N–H and O–H groups in total. The maximum Gasteiger partial charge on any atom is 0.346 e. The van der Waals surface area contributed by atoms with E-state index in [1.165, 1.54) is 11.8 Å². The van der Waals surface area contributed by atoms with Crippen molar-refractivity contribution >= 4 is 5.97 Å². The van der Waals surface area contributed by atoms with Crippen molar-refractivity contribution in [1.82, 2.24) is 9.78 Å². The first-order chi connectivity index (χ1) is 10.5. The Balaban J connectivity index is 2.19. The summed E-state index contributed by atoms with van der Waals surface area (Å²) in [6.07, 6.45) is -0.440. The summed E-state index contributed by atoms with van der Waals surface area (Å²) in [6.45, 7) is 3.50. The zero-order valence-corrected chi connectivity index (χ0v) is 13.0. The zero-order chi connectivity index (χ0) is 16.3. The van der Waals surface area contributed by atoms with Gasteiger partial charge in [0.15, 0.2) is 0 Å². The first-order valence-corrected chi connectivity index (χ1v) is 6.76. The second-order valence-electron chi connectivity index (χ2n) is 4.87. The van der Waals surface area contributed by atoms with Crippen molar-refractivity contribution < 1.29 is 14.3 Å². The Labute approximate surface area is 128 Å². The minimum Gasteiger partial charge on any atom is -0.481 e. The fraction of sp³-hybridized carbons (Fsp3) is 0.312. The van der Waals surface area contributed by atoms with Crippen molar-refractivity contribution in [2.75, 3.05) is 7.11 Å². The molecule has 6 heteroatoms. The van der Waals surface area contributed by atoms with E-state index in [4.69, 9.17) is 14.7 Å². The fourth-order valence-electron chi connectivity index (χ4n) is 2.22. The first-order valence-electron chi connectivity index (χ1n) is 6.76. The molecule has 114 valence electrons. The van der Waals surface area contributed by atoms with Crippen LogP contribution in [0.2, 0.25) is 0 Å². The molecule has 0 bridgehead atoms. The van der Waals surface area contributed by atoms with Crippen LogP contribution in [0.25, 0.3) is 0 Å². The van der Waals surface area contributed by atoms with Gasteiger partial charge in [-0.3, -0.25) is 0 Å². The summed E-state index contributed by atoms with van der Waals surface area (Å²) >= 11 is 0. The topological polar surface area (TPSA) is 77.1 Å². The third-order valence-electron chi connectivity index (χ3n) is 3.36. The number of methoxy groups -OCH3 is 1. The first kappa shape index (κ1) is 15.6. The van der Waals surface area contributed by atoms with Gasteiger partial charge >= 0.3 is 5.97 Å². The van der Waals surface area contributed by atoms with E-state index in [2.05, 4.69) is 5.10 Å². The minimum absolute atomic E-state index is 0.325. The minimum atomic E-state index is -0.487. The van der Waals surface area contributed by atoms with Crippen LogP contribution in [0.15, 0.2) is 24.3 Å². The molecular formula is C16H17N3O3. The van der Waals surface area contributed by atoms with Crippen molar-refractivity contribution in [3.63, 3.8) is 0 Å². The monoisotopic (exact) mass is 299 g/mol. The van der Waals surface area contributed by atoms with Crippen LogP contribution in [0.5, 0.6) is 5.88 Å². The third kappa shape index (κ3) is 2.93. The lowest BCUT2D eigenvalue weighted by molar-refractivity contribution is 0.0333. The molecule has 1 atom stereocenters. The SMILES string of the molecule is COc1c(C(=O)OC(C)c2ccc(C#N)cc2)c(C)nn1C. The smallest absolute Gasteiger partial charge is 0.346 e. The maximum atomic E-state index is 12.4. The number of aromatic nitrogens is 2. The van der Waals surface area contributed by atoms with E-state index in [0.717, 1.165) is 5.56 Å². The largest absolute Gasteiger partial charge is 0.481 e. The van der Waals surface area contributed by atoms with Gasteiger partial charge < -0.3 is 9.47 Å². The highest BCUT2D eigenvalue weighted by atomic mass is 16.5. The van der Waals surface area contributed by atoms with Crippen molar-refractivity contribution in [2.24, 2.45) is 7.05 Å². The Kier molecular flexibility index (Phi) is 4.47. The second-order valence-corrected chi connectivity index (χ2v) is 4.87. The van der Waals surface area contributed by atoms with E-state index >= 15 is 0 Å². The number of esters is 1. The number of nitriles is 1. The molecular weight excluding hydrogens is 282 g/mol. The van der Waals surface area contributed by atoms with Crippen molar-refractivity contribution in [1.29, 1.82) is 5.26 Å². The molecule has 0 amide bonds. The molecule has 1 aromatic heterocycles. The number of rotatable bonds is 4. The van der Waals surface area contributed by atoms with Crippen LogP contribution in [0.4, 0.5) is 0 Å². The van der Waals surface area contributed by atoms with Gasteiger partial charge in [0.05, 0.1) is 24.4 Å². The maximum absolute atomic E-state index is 12.4. The molecule has 2 rings (SSSR count). The number of hydrogen-bond acceptors (Lipinski definition) is 5. The van der Waals surface area contributed by atoms with Gasteiger partial charge in [-0.1, -0.05) is 12.1 Å². The molecule has 1 heterocycles. The Hall–Kier alpha value is -2.81. The molecule has 1 aromatic carbocycles. The van der Waals surface area contributed by atoms with Crippen molar-refractivity contribution in [3.8, 4) is 11.9 Å². The Morgan fingerprint density at radius 1 is 1.36 bits per heavy atom. The number of hydrogen-bond donors (Lipinski definition) is 0. The molecule has 2 aromatic rings. The van der Waals surface area contributed by atoms with Gasteiger partial charge in [-0.25, -0.2) is 9.48 Å². The van der Waals surface area contributed by atoms with Gasteiger partial charge in [0, 0.05) is 7.05 Å². The molecule has 0 radical (unpaired) electrons. The number of carbonyl (C=O) groups excluding carboxylic acids is 1. The summed E-state index contributed by atoms with van der Waals surface area (Å²) in [7, 11) is 3.18. The summed E-state index contributed by atoms with van der Waals surface area (Å²) in [5, 5.41) is 13.0. The highest BCUT2D eigenvalue weighted by Gasteiger charge is 2.24. The standard InChI is InChI=1S/C16H17N3O3/c1-10-14(15(21-4)19(3)18-10)16(20)22-11(2)13-7-5-12(9-17)6-8-13/h5-8,11H,1-4H3. The van der Waals surface area contributed by atoms with Crippen LogP contribution in [-0.4, -0.2) is 22.9 Å². The molecule has 0 aliphatic heterocycles. The predicted octanol–water partition coefficient (Wildman–Crippen LogP) is 2.53. The Bertz CT molecular complexity index is 726. The van der Waals surface area contributed by atoms with E-state index in [1.807, 2.05) is 6.07 Å². The third-order valence-corrected chi connectivity index (χ3v) is 3.36. The summed E-state index contributed by atoms with van der Waals surface area (Å²) in [4.78, 5) is 12.4. The van der Waals surface area contributed by atoms with Crippen LogP contribution < -0.4 is 4.74 Å². The lowest BCUT2D eigenvalue weighted by atomic mass is 10.1.